The lowest BCUT2D eigenvalue weighted by atomic mass is 9.68. The largest absolute Gasteiger partial charge is 0.497 e. The van der Waals surface area contributed by atoms with Crippen LogP contribution in [0.15, 0.2) is 42.5 Å². The number of H-pyrrole nitrogens is 1. The van der Waals surface area contributed by atoms with E-state index in [0.717, 1.165) is 33.7 Å². The van der Waals surface area contributed by atoms with Gasteiger partial charge in [0.25, 0.3) is 0 Å². The highest BCUT2D eigenvalue weighted by atomic mass is 16.5. The van der Waals surface area contributed by atoms with Crippen LogP contribution < -0.4 is 14.8 Å². The van der Waals surface area contributed by atoms with Gasteiger partial charge in [0.2, 0.25) is 5.91 Å². The summed E-state index contributed by atoms with van der Waals surface area (Å²) in [5.41, 5.74) is 3.32. The predicted octanol–water partition coefficient (Wildman–Crippen LogP) is 3.65. The van der Waals surface area contributed by atoms with Gasteiger partial charge in [-0.15, -0.1) is 0 Å². The molecule has 0 radical (unpaired) electrons. The number of carbonyl (C=O) groups is 2. The number of nitrogens with zero attached hydrogens (tertiary/aromatic N) is 2. The standard InChI is InChI=1S/C27H32N4O5/c1-17(33)31-16-27(24-21-9-8-20(36-3)14-22(21)29-25(24)23(31)15-32)10-12-30(13-11-27)26(34)28-18-4-6-19(35-2)7-5-18/h4-9,14,23,29,32H,10-13,15-16H2,1-3H3,(H,28,34)/t23-/m1/s1. The summed E-state index contributed by atoms with van der Waals surface area (Å²) in [6, 6.07) is 12.6. The SMILES string of the molecule is COc1ccc(NC(=O)N2CCC3(CC2)CN(C(C)=O)[C@H](CO)c2[nH]c4cc(OC)ccc4c23)cc1. The van der Waals surface area contributed by atoms with E-state index in [-0.39, 0.29) is 24.0 Å². The average molecular weight is 493 g/mol. The molecule has 190 valence electrons. The number of aromatic amines is 1. The molecule has 36 heavy (non-hydrogen) atoms. The molecule has 2 aliphatic heterocycles. The van der Waals surface area contributed by atoms with Crippen molar-refractivity contribution in [1.29, 1.82) is 0 Å². The van der Waals surface area contributed by atoms with Crippen molar-refractivity contribution in [3.8, 4) is 11.5 Å². The number of anilines is 1. The monoisotopic (exact) mass is 492 g/mol. The Kier molecular flexibility index (Phi) is 6.26. The maximum absolute atomic E-state index is 13.0. The van der Waals surface area contributed by atoms with Gasteiger partial charge in [0.1, 0.15) is 11.5 Å². The van der Waals surface area contributed by atoms with Crippen LogP contribution in [-0.2, 0) is 10.2 Å². The summed E-state index contributed by atoms with van der Waals surface area (Å²) in [4.78, 5) is 32.7. The van der Waals surface area contributed by atoms with Gasteiger partial charge in [-0.05, 0) is 54.8 Å². The molecule has 1 saturated heterocycles. The van der Waals surface area contributed by atoms with Crippen LogP contribution in [-0.4, -0.2) is 72.3 Å². The van der Waals surface area contributed by atoms with E-state index >= 15 is 0 Å². The quantitative estimate of drug-likeness (QED) is 0.516. The summed E-state index contributed by atoms with van der Waals surface area (Å²) in [5, 5.41) is 14.3. The lowest BCUT2D eigenvalue weighted by molar-refractivity contribution is -0.134. The summed E-state index contributed by atoms with van der Waals surface area (Å²) < 4.78 is 10.6. The maximum atomic E-state index is 13.0. The molecule has 5 rings (SSSR count). The number of urea groups is 1. The molecule has 2 aromatic carbocycles. The van der Waals surface area contributed by atoms with Gasteiger partial charge in [-0.1, -0.05) is 0 Å². The molecule has 0 bridgehead atoms. The molecular formula is C27H32N4O5. The Labute approximate surface area is 210 Å². The molecule has 0 aliphatic carbocycles. The number of ether oxygens (including phenoxy) is 2. The van der Waals surface area contributed by atoms with Gasteiger partial charge in [0.15, 0.2) is 0 Å². The summed E-state index contributed by atoms with van der Waals surface area (Å²) in [6.45, 7) is 3.00. The maximum Gasteiger partial charge on any atom is 0.321 e. The summed E-state index contributed by atoms with van der Waals surface area (Å²) in [5.74, 6) is 1.40. The number of nitrogens with one attached hydrogen (secondary N) is 2. The Balaban J connectivity index is 1.44. The third-order valence-corrected chi connectivity index (χ3v) is 7.67. The van der Waals surface area contributed by atoms with Crippen LogP contribution in [0.5, 0.6) is 11.5 Å². The van der Waals surface area contributed by atoms with Gasteiger partial charge < -0.3 is 34.7 Å². The second kappa shape index (κ2) is 9.39. The van der Waals surface area contributed by atoms with Crippen molar-refractivity contribution in [2.75, 3.05) is 45.8 Å². The zero-order valence-corrected chi connectivity index (χ0v) is 20.8. The smallest absolute Gasteiger partial charge is 0.321 e. The number of hydrogen-bond donors (Lipinski definition) is 3. The van der Waals surface area contributed by atoms with Crippen molar-refractivity contribution in [1.82, 2.24) is 14.8 Å². The zero-order valence-electron chi connectivity index (χ0n) is 20.8. The van der Waals surface area contributed by atoms with Gasteiger partial charge in [-0.3, -0.25) is 4.79 Å². The van der Waals surface area contributed by atoms with Crippen LogP contribution in [0.4, 0.5) is 10.5 Å². The fourth-order valence-electron chi connectivity index (χ4n) is 5.76. The van der Waals surface area contributed by atoms with E-state index in [1.165, 1.54) is 0 Å². The number of rotatable bonds is 4. The van der Waals surface area contributed by atoms with Gasteiger partial charge in [0.05, 0.1) is 26.9 Å². The number of fused-ring (bicyclic) bond motifs is 4. The first-order chi connectivity index (χ1) is 17.4. The Morgan fingerprint density at radius 2 is 1.75 bits per heavy atom. The van der Waals surface area contributed by atoms with Crippen molar-refractivity contribution < 1.29 is 24.2 Å². The van der Waals surface area contributed by atoms with E-state index in [4.69, 9.17) is 9.47 Å². The number of carbonyl (C=O) groups excluding carboxylic acids is 2. The number of aromatic nitrogens is 1. The summed E-state index contributed by atoms with van der Waals surface area (Å²) in [7, 11) is 3.24. The molecule has 1 fully saturated rings. The van der Waals surface area contributed by atoms with E-state index < -0.39 is 6.04 Å². The van der Waals surface area contributed by atoms with Crippen molar-refractivity contribution in [2.45, 2.75) is 31.2 Å². The molecule has 9 nitrogen and oxygen atoms in total. The third kappa shape index (κ3) is 4.03. The molecule has 2 aliphatic rings. The molecule has 1 atom stereocenters. The highest BCUT2D eigenvalue weighted by molar-refractivity contribution is 5.90. The molecule has 3 aromatic rings. The highest BCUT2D eigenvalue weighted by Gasteiger charge is 2.48. The van der Waals surface area contributed by atoms with Crippen molar-refractivity contribution >= 4 is 28.5 Å². The average Bonchev–Trinajstić information content (AvgIpc) is 3.29. The molecule has 0 saturated carbocycles. The molecule has 9 heteroatoms. The Hall–Kier alpha value is -3.72. The van der Waals surface area contributed by atoms with E-state index in [0.29, 0.717) is 38.2 Å². The summed E-state index contributed by atoms with van der Waals surface area (Å²) >= 11 is 0. The van der Waals surface area contributed by atoms with E-state index in [1.54, 1.807) is 26.0 Å². The number of aliphatic hydroxyl groups is 1. The van der Waals surface area contributed by atoms with Crippen LogP contribution in [0.25, 0.3) is 10.9 Å². The van der Waals surface area contributed by atoms with Gasteiger partial charge in [-0.2, -0.15) is 0 Å². The van der Waals surface area contributed by atoms with Crippen LogP contribution >= 0.6 is 0 Å². The molecule has 1 aromatic heterocycles. The van der Waals surface area contributed by atoms with Crippen LogP contribution in [0.3, 0.4) is 0 Å². The highest BCUT2D eigenvalue weighted by Crippen LogP contribution is 2.49. The van der Waals surface area contributed by atoms with E-state index in [2.05, 4.69) is 10.3 Å². The van der Waals surface area contributed by atoms with Crippen LogP contribution in [0, 0.1) is 0 Å². The number of likely N-dealkylation sites (tertiary alicyclic amines) is 1. The molecule has 0 unspecified atom stereocenters. The first-order valence-electron chi connectivity index (χ1n) is 12.2. The minimum atomic E-state index is -0.432. The Morgan fingerprint density at radius 1 is 1.08 bits per heavy atom. The van der Waals surface area contributed by atoms with Crippen molar-refractivity contribution in [3.05, 3.63) is 53.7 Å². The molecule has 3 heterocycles. The number of benzene rings is 2. The third-order valence-electron chi connectivity index (χ3n) is 7.67. The lowest BCUT2D eigenvalue weighted by Crippen LogP contribution is -2.55. The normalized spacial score (nSPS) is 18.7. The fourth-order valence-corrected chi connectivity index (χ4v) is 5.76. The number of aliphatic hydroxyl groups excluding tert-OH is 1. The van der Waals surface area contributed by atoms with Gasteiger partial charge in [0, 0.05) is 60.3 Å². The fraction of sp³-hybridized carbons (Fsp3) is 0.407. The Bertz CT molecular complexity index is 1280. The first-order valence-corrected chi connectivity index (χ1v) is 12.2. The number of hydrogen-bond acceptors (Lipinski definition) is 5. The topological polar surface area (TPSA) is 107 Å². The minimum absolute atomic E-state index is 0.0741. The van der Waals surface area contributed by atoms with Crippen molar-refractivity contribution in [2.24, 2.45) is 0 Å². The van der Waals surface area contributed by atoms with Crippen molar-refractivity contribution in [3.63, 3.8) is 0 Å². The minimum Gasteiger partial charge on any atom is -0.497 e. The number of methoxy groups -OCH3 is 2. The zero-order chi connectivity index (χ0) is 25.4. The summed E-state index contributed by atoms with van der Waals surface area (Å²) in [6.07, 6.45) is 1.41. The first kappa shape index (κ1) is 24.0. The lowest BCUT2D eigenvalue weighted by Gasteiger charge is -2.50. The molecule has 3 N–H and O–H groups in total. The van der Waals surface area contributed by atoms with Crippen LogP contribution in [0.1, 0.15) is 37.1 Å². The second-order valence-corrected chi connectivity index (χ2v) is 9.60. The Morgan fingerprint density at radius 3 is 2.36 bits per heavy atom. The molecule has 3 amide bonds. The number of amides is 3. The number of piperidine rings is 1. The predicted molar refractivity (Wildman–Crippen MR) is 137 cm³/mol. The van der Waals surface area contributed by atoms with Gasteiger partial charge in [-0.25, -0.2) is 4.79 Å². The second-order valence-electron chi connectivity index (χ2n) is 9.60. The van der Waals surface area contributed by atoms with E-state index in [9.17, 15) is 14.7 Å². The molecule has 1 spiro atoms. The van der Waals surface area contributed by atoms with E-state index in [1.807, 2.05) is 47.4 Å². The molecular weight excluding hydrogens is 460 g/mol. The van der Waals surface area contributed by atoms with Gasteiger partial charge >= 0.3 is 6.03 Å². The van der Waals surface area contributed by atoms with Crippen LogP contribution in [0.2, 0.25) is 0 Å².